The van der Waals surface area contributed by atoms with Gasteiger partial charge in [-0.1, -0.05) is 141 Å². The summed E-state index contributed by atoms with van der Waals surface area (Å²) in [6.45, 7) is 0. The van der Waals surface area contributed by atoms with E-state index in [1.807, 2.05) is 0 Å². The van der Waals surface area contributed by atoms with Crippen LogP contribution in [-0.2, 0) is 5.41 Å². The fraction of sp³-hybridized carbons (Fsp3) is 0.0204. The van der Waals surface area contributed by atoms with Gasteiger partial charge in [-0.05, 0) is 130 Å². The maximum absolute atomic E-state index is 3.86. The van der Waals surface area contributed by atoms with Crippen LogP contribution in [0.1, 0.15) is 22.3 Å². The molecule has 0 amide bonds. The van der Waals surface area contributed by atoms with E-state index in [1.165, 1.54) is 33.4 Å². The Labute approximate surface area is 327 Å². The Morgan fingerprint density at radius 2 is 0.585 bits per heavy atom. The van der Waals surface area contributed by atoms with Crippen LogP contribution < -0.4 is 9.80 Å². The van der Waals surface area contributed by atoms with Gasteiger partial charge in [0, 0.05) is 43.1 Å². The molecule has 0 N–H and O–H groups in total. The van der Waals surface area contributed by atoms with E-state index in [0.717, 1.165) is 43.1 Å². The third-order valence-corrected chi connectivity index (χ3v) is 11.2. The Morgan fingerprint density at radius 3 is 0.887 bits per heavy atom. The monoisotopic (exact) mass is 808 g/mol. The van der Waals surface area contributed by atoms with Gasteiger partial charge >= 0.3 is 0 Å². The van der Waals surface area contributed by atoms with E-state index in [0.29, 0.717) is 0 Å². The Hall–Kier alpha value is -5.68. The Bertz CT molecular complexity index is 2240. The number of hydrogen-bond acceptors (Lipinski definition) is 2. The quantitative estimate of drug-likeness (QED) is 0.151. The van der Waals surface area contributed by atoms with Gasteiger partial charge in [0.1, 0.15) is 0 Å². The molecule has 0 bridgehead atoms. The van der Waals surface area contributed by atoms with Crippen LogP contribution >= 0.6 is 31.9 Å². The largest absolute Gasteiger partial charge is 0.311 e. The molecule has 0 aromatic heterocycles. The summed E-state index contributed by atoms with van der Waals surface area (Å²) in [7, 11) is 0. The summed E-state index contributed by atoms with van der Waals surface area (Å²) in [6.07, 6.45) is 0. The molecule has 0 saturated heterocycles. The van der Waals surface area contributed by atoms with Crippen LogP contribution in [0.15, 0.2) is 215 Å². The number of nitrogens with zero attached hydrogens (tertiary/aromatic N) is 2. The van der Waals surface area contributed by atoms with Crippen LogP contribution in [0.4, 0.5) is 34.1 Å². The molecule has 0 aliphatic heterocycles. The standard InChI is InChI=1S/C49H34Br2N2/c50-37-25-31-45-46-32-26-38(51)34-48(46)49(47(45)33-37,35-21-27-43(28-22-35)52(39-13-5-1-6-14-39)40-15-7-2-8-16-40)36-23-29-44(30-24-36)53(41-17-9-3-10-18-41)42-19-11-4-12-20-42/h1-34H. The van der Waals surface area contributed by atoms with Crippen molar-refractivity contribution in [1.29, 1.82) is 0 Å². The number of halogens is 2. The van der Waals surface area contributed by atoms with Gasteiger partial charge in [-0.2, -0.15) is 0 Å². The summed E-state index contributed by atoms with van der Waals surface area (Å²) < 4.78 is 2.11. The third-order valence-electron chi connectivity index (χ3n) is 10.2. The molecule has 1 aliphatic carbocycles. The number of hydrogen-bond donors (Lipinski definition) is 0. The summed E-state index contributed by atoms with van der Waals surface area (Å²) in [6, 6.07) is 74.1. The normalized spacial score (nSPS) is 12.5. The van der Waals surface area contributed by atoms with Gasteiger partial charge in [-0.3, -0.25) is 0 Å². The van der Waals surface area contributed by atoms with Crippen LogP contribution in [-0.4, -0.2) is 0 Å². The number of para-hydroxylation sites is 4. The summed E-state index contributed by atoms with van der Waals surface area (Å²) in [5, 5.41) is 0. The van der Waals surface area contributed by atoms with Crippen molar-refractivity contribution >= 4 is 66.0 Å². The lowest BCUT2D eigenvalue weighted by molar-refractivity contribution is 0.767. The van der Waals surface area contributed by atoms with Gasteiger partial charge in [0.15, 0.2) is 0 Å². The molecule has 0 spiro atoms. The first-order valence-electron chi connectivity index (χ1n) is 17.7. The van der Waals surface area contributed by atoms with Gasteiger partial charge in [-0.15, -0.1) is 0 Å². The molecular formula is C49H34Br2N2. The van der Waals surface area contributed by atoms with Crippen molar-refractivity contribution in [2.24, 2.45) is 0 Å². The average molecular weight is 811 g/mol. The van der Waals surface area contributed by atoms with Crippen molar-refractivity contribution < 1.29 is 0 Å². The molecule has 0 fully saturated rings. The Kier molecular flexibility index (Phi) is 8.79. The lowest BCUT2D eigenvalue weighted by atomic mass is 9.67. The third kappa shape index (κ3) is 5.89. The van der Waals surface area contributed by atoms with Crippen molar-refractivity contribution in [2.75, 3.05) is 9.80 Å². The van der Waals surface area contributed by atoms with Crippen molar-refractivity contribution in [3.8, 4) is 11.1 Å². The summed E-state index contributed by atoms with van der Waals surface area (Å²) in [5.74, 6) is 0. The smallest absolute Gasteiger partial charge is 0.0714 e. The van der Waals surface area contributed by atoms with E-state index < -0.39 is 5.41 Å². The second kappa shape index (κ2) is 14.0. The zero-order chi connectivity index (χ0) is 35.8. The van der Waals surface area contributed by atoms with Crippen LogP contribution in [0.25, 0.3) is 11.1 Å². The van der Waals surface area contributed by atoms with E-state index in [4.69, 9.17) is 0 Å². The second-order valence-electron chi connectivity index (χ2n) is 13.2. The SMILES string of the molecule is Brc1ccc2c(c1)C(c1ccc(N(c3ccccc3)c3ccccc3)cc1)(c1ccc(N(c3ccccc3)c3ccccc3)cc1)c1cc(Br)ccc1-2. The maximum Gasteiger partial charge on any atom is 0.0714 e. The number of benzene rings is 8. The average Bonchev–Trinajstić information content (AvgIpc) is 3.49. The molecule has 53 heavy (non-hydrogen) atoms. The first-order valence-corrected chi connectivity index (χ1v) is 19.3. The van der Waals surface area contributed by atoms with E-state index in [9.17, 15) is 0 Å². The van der Waals surface area contributed by atoms with E-state index >= 15 is 0 Å². The summed E-state index contributed by atoms with van der Waals surface area (Å²) in [5.41, 5.74) is 13.5. The number of fused-ring (bicyclic) bond motifs is 3. The fourth-order valence-electron chi connectivity index (χ4n) is 7.98. The molecule has 0 radical (unpaired) electrons. The highest BCUT2D eigenvalue weighted by Gasteiger charge is 2.46. The van der Waals surface area contributed by atoms with Crippen LogP contribution in [0.3, 0.4) is 0 Å². The minimum absolute atomic E-state index is 0.579. The van der Waals surface area contributed by atoms with E-state index in [1.54, 1.807) is 0 Å². The highest BCUT2D eigenvalue weighted by Crippen LogP contribution is 2.57. The van der Waals surface area contributed by atoms with Crippen molar-refractivity contribution in [1.82, 2.24) is 0 Å². The molecule has 9 rings (SSSR count). The lowest BCUT2D eigenvalue weighted by Crippen LogP contribution is -2.29. The zero-order valence-electron chi connectivity index (χ0n) is 28.8. The summed E-state index contributed by atoms with van der Waals surface area (Å²) in [4.78, 5) is 4.63. The number of rotatable bonds is 8. The van der Waals surface area contributed by atoms with Gasteiger partial charge in [0.05, 0.1) is 5.41 Å². The maximum atomic E-state index is 3.86. The van der Waals surface area contributed by atoms with E-state index in [-0.39, 0.29) is 0 Å². The summed E-state index contributed by atoms with van der Waals surface area (Å²) >= 11 is 7.73. The number of anilines is 6. The molecule has 0 heterocycles. The van der Waals surface area contributed by atoms with Gasteiger partial charge in [-0.25, -0.2) is 0 Å². The molecule has 1 aliphatic rings. The zero-order valence-corrected chi connectivity index (χ0v) is 32.0. The van der Waals surface area contributed by atoms with Crippen molar-refractivity contribution in [3.63, 3.8) is 0 Å². The van der Waals surface area contributed by atoms with Gasteiger partial charge < -0.3 is 9.80 Å². The highest BCUT2D eigenvalue weighted by molar-refractivity contribution is 9.10. The fourth-order valence-corrected chi connectivity index (χ4v) is 8.70. The predicted octanol–water partition coefficient (Wildman–Crippen LogP) is 14.5. The first kappa shape index (κ1) is 33.2. The van der Waals surface area contributed by atoms with Crippen LogP contribution in [0, 0.1) is 0 Å². The van der Waals surface area contributed by atoms with Crippen LogP contribution in [0.2, 0.25) is 0 Å². The lowest BCUT2D eigenvalue weighted by Gasteiger charge is -2.35. The molecule has 0 saturated carbocycles. The minimum Gasteiger partial charge on any atom is -0.311 e. The molecule has 2 nitrogen and oxygen atoms in total. The second-order valence-corrected chi connectivity index (χ2v) is 15.1. The molecule has 8 aromatic rings. The van der Waals surface area contributed by atoms with Gasteiger partial charge in [0.2, 0.25) is 0 Å². The van der Waals surface area contributed by atoms with Crippen LogP contribution in [0.5, 0.6) is 0 Å². The Balaban J connectivity index is 1.25. The van der Waals surface area contributed by atoms with Gasteiger partial charge in [0.25, 0.3) is 0 Å². The topological polar surface area (TPSA) is 6.48 Å². The van der Waals surface area contributed by atoms with Crippen molar-refractivity contribution in [2.45, 2.75) is 5.41 Å². The minimum atomic E-state index is -0.579. The Morgan fingerprint density at radius 1 is 0.302 bits per heavy atom. The van der Waals surface area contributed by atoms with Crippen molar-refractivity contribution in [3.05, 3.63) is 237 Å². The first-order chi connectivity index (χ1) is 26.1. The molecule has 0 atom stereocenters. The molecular weight excluding hydrogens is 776 g/mol. The molecule has 0 unspecified atom stereocenters. The molecule has 8 aromatic carbocycles. The highest BCUT2D eigenvalue weighted by atomic mass is 79.9. The molecule has 254 valence electrons. The van der Waals surface area contributed by atoms with E-state index in [2.05, 4.69) is 248 Å². The molecule has 4 heteroatoms. The predicted molar refractivity (Wildman–Crippen MR) is 229 cm³/mol.